The van der Waals surface area contributed by atoms with Crippen LogP contribution in [0.3, 0.4) is 0 Å². The van der Waals surface area contributed by atoms with E-state index in [0.29, 0.717) is 11.7 Å². The van der Waals surface area contributed by atoms with E-state index in [0.717, 1.165) is 24.3 Å². The quantitative estimate of drug-likeness (QED) is 0.692. The van der Waals surface area contributed by atoms with Crippen molar-refractivity contribution in [3.05, 3.63) is 34.7 Å². The Morgan fingerprint density at radius 2 is 1.88 bits per heavy atom. The van der Waals surface area contributed by atoms with E-state index in [2.05, 4.69) is 49.3 Å². The minimum absolute atomic E-state index is 0.0694. The first-order valence-corrected chi connectivity index (χ1v) is 10.4. The zero-order valence-electron chi connectivity index (χ0n) is 16.0. The SMILES string of the molecule is CCC[NH+]1CC[NH+](CC(=O)Nc2nc(-c3ccc(C)c(C)c3)cs2)CC1. The third-order valence-corrected chi connectivity index (χ3v) is 5.99. The molecule has 3 rings (SSSR count). The molecular formula is C20H30N4OS+2. The van der Waals surface area contributed by atoms with Gasteiger partial charge >= 0.3 is 0 Å². The first-order chi connectivity index (χ1) is 12.5. The van der Waals surface area contributed by atoms with Crippen molar-refractivity contribution in [2.45, 2.75) is 27.2 Å². The maximum atomic E-state index is 12.4. The first kappa shape index (κ1) is 19.0. The summed E-state index contributed by atoms with van der Waals surface area (Å²) in [6.07, 6.45) is 1.23. The number of aryl methyl sites for hydroxylation is 2. The largest absolute Gasteiger partial charge is 0.326 e. The van der Waals surface area contributed by atoms with Crippen LogP contribution >= 0.6 is 11.3 Å². The van der Waals surface area contributed by atoms with Crippen molar-refractivity contribution in [3.63, 3.8) is 0 Å². The predicted octanol–water partition coefficient (Wildman–Crippen LogP) is 0.559. The Labute approximate surface area is 160 Å². The summed E-state index contributed by atoms with van der Waals surface area (Å²) in [7, 11) is 0. The Balaban J connectivity index is 1.52. The van der Waals surface area contributed by atoms with E-state index < -0.39 is 0 Å². The molecule has 5 nitrogen and oxygen atoms in total. The van der Waals surface area contributed by atoms with Gasteiger partial charge in [0.05, 0.1) is 12.2 Å². The van der Waals surface area contributed by atoms with Gasteiger partial charge in [-0.3, -0.25) is 10.1 Å². The van der Waals surface area contributed by atoms with Crippen LogP contribution in [0.15, 0.2) is 23.6 Å². The highest BCUT2D eigenvalue weighted by Crippen LogP contribution is 2.26. The van der Waals surface area contributed by atoms with Crippen molar-refractivity contribution in [1.29, 1.82) is 0 Å². The van der Waals surface area contributed by atoms with Crippen molar-refractivity contribution in [2.75, 3.05) is 44.6 Å². The summed E-state index contributed by atoms with van der Waals surface area (Å²) in [5.74, 6) is 0.0694. The molecule has 0 aliphatic carbocycles. The highest BCUT2D eigenvalue weighted by atomic mass is 32.1. The molecule has 1 fully saturated rings. The number of benzene rings is 1. The standard InChI is InChI=1S/C20H28N4OS/c1-4-7-23-8-10-24(11-9-23)13-19(25)22-20-21-18(14-26-20)17-6-5-15(2)16(3)12-17/h5-6,12,14H,4,7-11,13H2,1-3H3,(H,21,22,25)/p+2. The van der Waals surface area contributed by atoms with E-state index >= 15 is 0 Å². The van der Waals surface area contributed by atoms with Gasteiger partial charge in [0.25, 0.3) is 5.91 Å². The van der Waals surface area contributed by atoms with Gasteiger partial charge in [0.1, 0.15) is 26.2 Å². The van der Waals surface area contributed by atoms with Crippen LogP contribution in [0.2, 0.25) is 0 Å². The molecule has 2 heterocycles. The van der Waals surface area contributed by atoms with Crippen LogP contribution in [0.25, 0.3) is 11.3 Å². The number of rotatable bonds is 6. The fourth-order valence-electron chi connectivity index (χ4n) is 3.49. The molecule has 0 saturated carbocycles. The summed E-state index contributed by atoms with van der Waals surface area (Å²) in [5, 5.41) is 5.69. The average molecular weight is 375 g/mol. The van der Waals surface area contributed by atoms with E-state index in [-0.39, 0.29) is 5.91 Å². The number of aromatic nitrogens is 1. The molecule has 1 aliphatic heterocycles. The number of nitrogens with zero attached hydrogens (tertiary/aromatic N) is 1. The molecule has 6 heteroatoms. The lowest BCUT2D eigenvalue weighted by Gasteiger charge is -2.28. The zero-order chi connectivity index (χ0) is 18.5. The van der Waals surface area contributed by atoms with Crippen LogP contribution in [0.4, 0.5) is 5.13 Å². The topological polar surface area (TPSA) is 50.9 Å². The van der Waals surface area contributed by atoms with Crippen molar-refractivity contribution in [2.24, 2.45) is 0 Å². The molecule has 1 aliphatic rings. The van der Waals surface area contributed by atoms with Gasteiger partial charge in [0.2, 0.25) is 0 Å². The number of carbonyl (C=O) groups excluding carboxylic acids is 1. The molecule has 1 saturated heterocycles. The van der Waals surface area contributed by atoms with Gasteiger partial charge in [0.15, 0.2) is 11.7 Å². The minimum Gasteiger partial charge on any atom is -0.326 e. The number of piperazine rings is 1. The van der Waals surface area contributed by atoms with Gasteiger partial charge in [-0.1, -0.05) is 19.1 Å². The maximum Gasteiger partial charge on any atom is 0.281 e. The Hall–Kier alpha value is -1.76. The molecule has 140 valence electrons. The summed E-state index contributed by atoms with van der Waals surface area (Å²) < 4.78 is 0. The number of thiazole rings is 1. The molecule has 3 N–H and O–H groups in total. The van der Waals surface area contributed by atoms with Crippen LogP contribution in [-0.2, 0) is 4.79 Å². The molecule has 0 unspecified atom stereocenters. The summed E-state index contributed by atoms with van der Waals surface area (Å²) in [4.78, 5) is 20.0. The molecule has 1 aromatic carbocycles. The van der Waals surface area contributed by atoms with Crippen LogP contribution in [0.5, 0.6) is 0 Å². The van der Waals surface area contributed by atoms with Crippen molar-refractivity contribution in [1.82, 2.24) is 4.98 Å². The fraction of sp³-hybridized carbons (Fsp3) is 0.500. The average Bonchev–Trinajstić information content (AvgIpc) is 3.07. The summed E-state index contributed by atoms with van der Waals surface area (Å²) in [5.41, 5.74) is 4.57. The second-order valence-electron chi connectivity index (χ2n) is 7.31. The Kier molecular flexibility index (Phi) is 6.40. The second kappa shape index (κ2) is 8.75. The van der Waals surface area contributed by atoms with E-state index in [1.54, 1.807) is 4.90 Å². The van der Waals surface area contributed by atoms with Crippen LogP contribution in [0, 0.1) is 13.8 Å². The highest BCUT2D eigenvalue weighted by molar-refractivity contribution is 7.14. The summed E-state index contributed by atoms with van der Waals surface area (Å²) in [6.45, 7) is 12.7. The van der Waals surface area contributed by atoms with Crippen molar-refractivity contribution in [3.8, 4) is 11.3 Å². The number of hydrogen-bond acceptors (Lipinski definition) is 3. The number of anilines is 1. The van der Waals surface area contributed by atoms with Crippen LogP contribution < -0.4 is 15.1 Å². The van der Waals surface area contributed by atoms with Gasteiger partial charge in [0, 0.05) is 10.9 Å². The van der Waals surface area contributed by atoms with E-state index in [1.807, 2.05) is 5.38 Å². The molecule has 1 aromatic heterocycles. The third-order valence-electron chi connectivity index (χ3n) is 5.23. The lowest BCUT2D eigenvalue weighted by Crippen LogP contribution is -3.28. The number of hydrogen-bond donors (Lipinski definition) is 3. The Bertz CT molecular complexity index is 750. The molecule has 0 atom stereocenters. The normalized spacial score (nSPS) is 20.1. The highest BCUT2D eigenvalue weighted by Gasteiger charge is 2.24. The molecule has 0 bridgehead atoms. The maximum absolute atomic E-state index is 12.4. The molecular weight excluding hydrogens is 344 g/mol. The van der Waals surface area contributed by atoms with Crippen LogP contribution in [0.1, 0.15) is 24.5 Å². The Morgan fingerprint density at radius 3 is 2.58 bits per heavy atom. The lowest BCUT2D eigenvalue weighted by atomic mass is 10.1. The summed E-state index contributed by atoms with van der Waals surface area (Å²) >= 11 is 1.50. The van der Waals surface area contributed by atoms with Crippen LogP contribution in [-0.4, -0.2) is 50.2 Å². The van der Waals surface area contributed by atoms with Gasteiger partial charge in [-0.05, 0) is 37.5 Å². The smallest absolute Gasteiger partial charge is 0.281 e. The summed E-state index contributed by atoms with van der Waals surface area (Å²) in [6, 6.07) is 6.36. The Morgan fingerprint density at radius 1 is 1.15 bits per heavy atom. The van der Waals surface area contributed by atoms with Gasteiger partial charge in [-0.15, -0.1) is 11.3 Å². The molecule has 2 aromatic rings. The first-order valence-electron chi connectivity index (χ1n) is 9.55. The van der Waals surface area contributed by atoms with Gasteiger partial charge < -0.3 is 9.80 Å². The predicted molar refractivity (Wildman–Crippen MR) is 107 cm³/mol. The zero-order valence-corrected chi connectivity index (χ0v) is 16.8. The second-order valence-corrected chi connectivity index (χ2v) is 8.17. The number of nitrogens with one attached hydrogen (secondary N) is 3. The molecule has 1 amide bonds. The van der Waals surface area contributed by atoms with E-state index in [1.165, 1.54) is 53.4 Å². The van der Waals surface area contributed by atoms with E-state index in [4.69, 9.17) is 0 Å². The number of amides is 1. The fourth-order valence-corrected chi connectivity index (χ4v) is 4.23. The van der Waals surface area contributed by atoms with E-state index in [9.17, 15) is 4.79 Å². The number of quaternary nitrogens is 2. The monoisotopic (exact) mass is 374 g/mol. The molecule has 0 radical (unpaired) electrons. The van der Waals surface area contributed by atoms with Crippen molar-refractivity contribution < 1.29 is 14.6 Å². The molecule has 0 spiro atoms. The number of carbonyl (C=O) groups is 1. The third kappa shape index (κ3) is 4.90. The van der Waals surface area contributed by atoms with Gasteiger partial charge in [-0.2, -0.15) is 0 Å². The van der Waals surface area contributed by atoms with Crippen molar-refractivity contribution >= 4 is 22.4 Å². The lowest BCUT2D eigenvalue weighted by molar-refractivity contribution is -1.01. The van der Waals surface area contributed by atoms with Gasteiger partial charge in [-0.25, -0.2) is 4.98 Å². The minimum atomic E-state index is 0.0694. The molecule has 26 heavy (non-hydrogen) atoms.